The minimum absolute atomic E-state index is 0.218. The normalized spacial score (nSPS) is 20.3. The first kappa shape index (κ1) is 19.0. The SMILES string of the molecule is CCOc1cc(C(CN(CC)CC)N2CCNCC2C)ccc1O. The fourth-order valence-corrected chi connectivity index (χ4v) is 3.46. The summed E-state index contributed by atoms with van der Waals surface area (Å²) in [5.74, 6) is 0.804. The molecule has 136 valence electrons. The van der Waals surface area contributed by atoms with Gasteiger partial charge in [-0.15, -0.1) is 0 Å². The van der Waals surface area contributed by atoms with Crippen LogP contribution < -0.4 is 10.1 Å². The van der Waals surface area contributed by atoms with E-state index < -0.39 is 0 Å². The number of hydrogen-bond donors (Lipinski definition) is 2. The van der Waals surface area contributed by atoms with Gasteiger partial charge < -0.3 is 20.1 Å². The van der Waals surface area contributed by atoms with Crippen LogP contribution in [0, 0.1) is 0 Å². The van der Waals surface area contributed by atoms with Crippen LogP contribution in [0.2, 0.25) is 0 Å². The average molecular weight is 335 g/mol. The zero-order chi connectivity index (χ0) is 17.5. The van der Waals surface area contributed by atoms with Gasteiger partial charge in [0.15, 0.2) is 11.5 Å². The third-order valence-corrected chi connectivity index (χ3v) is 4.95. The lowest BCUT2D eigenvalue weighted by molar-refractivity contribution is 0.0869. The number of rotatable bonds is 8. The van der Waals surface area contributed by atoms with Gasteiger partial charge in [-0.1, -0.05) is 19.9 Å². The molecule has 0 spiro atoms. The summed E-state index contributed by atoms with van der Waals surface area (Å²) in [7, 11) is 0. The second-order valence-corrected chi connectivity index (χ2v) is 6.45. The van der Waals surface area contributed by atoms with E-state index in [0.29, 0.717) is 24.4 Å². The molecule has 2 rings (SSSR count). The highest BCUT2D eigenvalue weighted by molar-refractivity contribution is 5.43. The molecule has 0 radical (unpaired) electrons. The molecule has 24 heavy (non-hydrogen) atoms. The molecule has 2 unspecified atom stereocenters. The van der Waals surface area contributed by atoms with E-state index in [1.165, 1.54) is 5.56 Å². The van der Waals surface area contributed by atoms with Crippen molar-refractivity contribution in [3.05, 3.63) is 23.8 Å². The number of nitrogens with zero attached hydrogens (tertiary/aromatic N) is 2. The molecule has 2 N–H and O–H groups in total. The molecule has 1 aliphatic heterocycles. The molecule has 0 aromatic heterocycles. The van der Waals surface area contributed by atoms with Gasteiger partial charge in [0.25, 0.3) is 0 Å². The molecule has 1 aromatic rings. The maximum Gasteiger partial charge on any atom is 0.161 e. The molecule has 1 aliphatic rings. The number of ether oxygens (including phenoxy) is 1. The second-order valence-electron chi connectivity index (χ2n) is 6.45. The van der Waals surface area contributed by atoms with Gasteiger partial charge in [0, 0.05) is 38.3 Å². The molecule has 1 fully saturated rings. The van der Waals surface area contributed by atoms with E-state index in [-0.39, 0.29) is 5.75 Å². The van der Waals surface area contributed by atoms with Crippen LogP contribution in [0.25, 0.3) is 0 Å². The average Bonchev–Trinajstić information content (AvgIpc) is 2.59. The number of phenolic OH excluding ortho intramolecular Hbond substituents is 1. The van der Waals surface area contributed by atoms with Crippen LogP contribution >= 0.6 is 0 Å². The van der Waals surface area contributed by atoms with Crippen molar-refractivity contribution in [3.63, 3.8) is 0 Å². The first-order valence-electron chi connectivity index (χ1n) is 9.25. The van der Waals surface area contributed by atoms with E-state index in [0.717, 1.165) is 39.3 Å². The smallest absolute Gasteiger partial charge is 0.161 e. The lowest BCUT2D eigenvalue weighted by Crippen LogP contribution is -2.53. The summed E-state index contributed by atoms with van der Waals surface area (Å²) in [6, 6.07) is 6.62. The van der Waals surface area contributed by atoms with Crippen molar-refractivity contribution in [1.82, 2.24) is 15.1 Å². The standard InChI is InChI=1S/C19H33N3O2/c1-5-21(6-2)14-17(22-11-10-20-13-15(22)4)16-8-9-18(23)19(12-16)24-7-3/h8-9,12,15,17,20,23H,5-7,10-11,13-14H2,1-4H3. The Hall–Kier alpha value is -1.30. The van der Waals surface area contributed by atoms with Crippen LogP contribution in [-0.4, -0.2) is 66.8 Å². The number of likely N-dealkylation sites (N-methyl/N-ethyl adjacent to an activating group) is 1. The highest BCUT2D eigenvalue weighted by atomic mass is 16.5. The third kappa shape index (κ3) is 4.62. The minimum atomic E-state index is 0.218. The highest BCUT2D eigenvalue weighted by Crippen LogP contribution is 2.33. The van der Waals surface area contributed by atoms with Gasteiger partial charge in [-0.25, -0.2) is 0 Å². The fraction of sp³-hybridized carbons (Fsp3) is 0.684. The number of aromatic hydroxyl groups is 1. The van der Waals surface area contributed by atoms with Gasteiger partial charge in [0.05, 0.1) is 6.61 Å². The van der Waals surface area contributed by atoms with Gasteiger partial charge in [-0.05, 0) is 44.6 Å². The van der Waals surface area contributed by atoms with Crippen molar-refractivity contribution in [3.8, 4) is 11.5 Å². The van der Waals surface area contributed by atoms with E-state index >= 15 is 0 Å². The molecule has 1 heterocycles. The highest BCUT2D eigenvalue weighted by Gasteiger charge is 2.28. The summed E-state index contributed by atoms with van der Waals surface area (Å²) in [6.45, 7) is 15.4. The van der Waals surface area contributed by atoms with Crippen LogP contribution in [-0.2, 0) is 0 Å². The molecule has 5 heteroatoms. The van der Waals surface area contributed by atoms with Crippen molar-refractivity contribution in [2.24, 2.45) is 0 Å². The molecule has 0 bridgehead atoms. The summed E-state index contributed by atoms with van der Waals surface area (Å²) in [5, 5.41) is 13.5. The van der Waals surface area contributed by atoms with E-state index in [1.54, 1.807) is 6.07 Å². The third-order valence-electron chi connectivity index (χ3n) is 4.95. The van der Waals surface area contributed by atoms with E-state index in [2.05, 4.69) is 35.9 Å². The lowest BCUT2D eigenvalue weighted by Gasteiger charge is -2.42. The summed E-state index contributed by atoms with van der Waals surface area (Å²) in [4.78, 5) is 5.05. The van der Waals surface area contributed by atoms with Crippen molar-refractivity contribution in [1.29, 1.82) is 0 Å². The van der Waals surface area contributed by atoms with Crippen molar-refractivity contribution < 1.29 is 9.84 Å². The van der Waals surface area contributed by atoms with Crippen LogP contribution in [0.15, 0.2) is 18.2 Å². The second kappa shape index (κ2) is 9.25. The van der Waals surface area contributed by atoms with E-state index in [1.807, 2.05) is 19.1 Å². The van der Waals surface area contributed by atoms with Crippen LogP contribution in [0.3, 0.4) is 0 Å². The quantitative estimate of drug-likeness (QED) is 0.764. The predicted molar refractivity (Wildman–Crippen MR) is 98.8 cm³/mol. The number of hydrogen-bond acceptors (Lipinski definition) is 5. The maximum atomic E-state index is 10.0. The molecule has 1 saturated heterocycles. The molecule has 0 saturated carbocycles. The number of phenols is 1. The Morgan fingerprint density at radius 1 is 1.33 bits per heavy atom. The molecule has 5 nitrogen and oxygen atoms in total. The molecule has 2 atom stereocenters. The Labute approximate surface area is 146 Å². The summed E-state index contributed by atoms with van der Waals surface area (Å²) >= 11 is 0. The first-order chi connectivity index (χ1) is 11.6. The zero-order valence-electron chi connectivity index (χ0n) is 15.6. The molecule has 0 amide bonds. The minimum Gasteiger partial charge on any atom is -0.504 e. The summed E-state index contributed by atoms with van der Waals surface area (Å²) in [6.07, 6.45) is 0. The Bertz CT molecular complexity index is 505. The topological polar surface area (TPSA) is 48.0 Å². The van der Waals surface area contributed by atoms with Crippen molar-refractivity contribution in [2.75, 3.05) is 45.9 Å². The molecule has 0 aliphatic carbocycles. The maximum absolute atomic E-state index is 10.0. The molecular formula is C19H33N3O2. The Balaban J connectivity index is 2.31. The first-order valence-corrected chi connectivity index (χ1v) is 9.25. The van der Waals surface area contributed by atoms with Crippen LogP contribution in [0.1, 0.15) is 39.3 Å². The van der Waals surface area contributed by atoms with Gasteiger partial charge >= 0.3 is 0 Å². The Kier molecular flexibility index (Phi) is 7.34. The molecular weight excluding hydrogens is 302 g/mol. The molecule has 1 aromatic carbocycles. The number of benzene rings is 1. The van der Waals surface area contributed by atoms with Gasteiger partial charge in [0.2, 0.25) is 0 Å². The predicted octanol–water partition coefficient (Wildman–Crippen LogP) is 2.47. The Morgan fingerprint density at radius 2 is 2.08 bits per heavy atom. The largest absolute Gasteiger partial charge is 0.504 e. The monoisotopic (exact) mass is 335 g/mol. The lowest BCUT2D eigenvalue weighted by atomic mass is 10.0. The summed E-state index contributed by atoms with van der Waals surface area (Å²) < 4.78 is 5.60. The zero-order valence-corrected chi connectivity index (χ0v) is 15.6. The Morgan fingerprint density at radius 3 is 2.71 bits per heavy atom. The summed E-state index contributed by atoms with van der Waals surface area (Å²) in [5.41, 5.74) is 1.22. The van der Waals surface area contributed by atoms with Crippen LogP contribution in [0.5, 0.6) is 11.5 Å². The van der Waals surface area contributed by atoms with Crippen molar-refractivity contribution in [2.45, 2.75) is 39.8 Å². The van der Waals surface area contributed by atoms with Crippen molar-refractivity contribution >= 4 is 0 Å². The van der Waals surface area contributed by atoms with E-state index in [4.69, 9.17) is 4.74 Å². The van der Waals surface area contributed by atoms with E-state index in [9.17, 15) is 5.11 Å². The van der Waals surface area contributed by atoms with Gasteiger partial charge in [-0.3, -0.25) is 4.90 Å². The number of nitrogens with one attached hydrogen (secondary N) is 1. The van der Waals surface area contributed by atoms with Gasteiger partial charge in [-0.2, -0.15) is 0 Å². The fourth-order valence-electron chi connectivity index (χ4n) is 3.46. The van der Waals surface area contributed by atoms with Crippen LogP contribution in [0.4, 0.5) is 0 Å². The number of piperazine rings is 1. The van der Waals surface area contributed by atoms with Gasteiger partial charge in [0.1, 0.15) is 0 Å².